The number of H-pyrrole nitrogens is 1. The van der Waals surface area contributed by atoms with E-state index in [4.69, 9.17) is 4.74 Å². The van der Waals surface area contributed by atoms with E-state index < -0.39 is 0 Å². The number of nitrogens with one attached hydrogen (secondary N) is 2. The van der Waals surface area contributed by atoms with Gasteiger partial charge in [-0.05, 0) is 44.5 Å². The number of aromatic nitrogens is 1. The average Bonchev–Trinajstić information content (AvgIpc) is 2.98. The van der Waals surface area contributed by atoms with E-state index in [-0.39, 0.29) is 6.04 Å². The molecule has 3 aromatic rings. The van der Waals surface area contributed by atoms with Gasteiger partial charge in [-0.1, -0.05) is 35.9 Å². The Morgan fingerprint density at radius 2 is 2.00 bits per heavy atom. The molecule has 0 fully saturated rings. The number of aryl methyl sites for hydroxylation is 1. The zero-order chi connectivity index (χ0) is 16.2. The molecule has 0 aliphatic rings. The normalized spacial score (nSPS) is 12.5. The number of rotatable bonds is 6. The number of hydrogen-bond donors (Lipinski definition) is 2. The number of ether oxygens (including phenoxy) is 1. The van der Waals surface area contributed by atoms with Crippen LogP contribution in [0.1, 0.15) is 29.7 Å². The van der Waals surface area contributed by atoms with Crippen LogP contribution in [-0.2, 0) is 6.42 Å². The van der Waals surface area contributed by atoms with Gasteiger partial charge in [0.15, 0.2) is 0 Å². The van der Waals surface area contributed by atoms with Crippen LogP contribution >= 0.6 is 0 Å². The van der Waals surface area contributed by atoms with Crippen molar-refractivity contribution in [1.82, 2.24) is 10.3 Å². The highest BCUT2D eigenvalue weighted by Gasteiger charge is 2.11. The summed E-state index contributed by atoms with van der Waals surface area (Å²) in [6.45, 7) is 5.23. The maximum atomic E-state index is 5.49. The van der Waals surface area contributed by atoms with Gasteiger partial charge in [-0.3, -0.25) is 0 Å². The number of benzene rings is 2. The molecule has 2 aromatic carbocycles. The van der Waals surface area contributed by atoms with Crippen molar-refractivity contribution in [2.24, 2.45) is 0 Å². The minimum Gasteiger partial charge on any atom is -0.496 e. The fourth-order valence-electron chi connectivity index (χ4n) is 3.06. The van der Waals surface area contributed by atoms with Gasteiger partial charge < -0.3 is 15.0 Å². The van der Waals surface area contributed by atoms with E-state index in [9.17, 15) is 0 Å². The van der Waals surface area contributed by atoms with Gasteiger partial charge in [-0.15, -0.1) is 0 Å². The molecule has 1 atom stereocenters. The quantitative estimate of drug-likeness (QED) is 0.709. The SMILES string of the molecule is COc1ccc(C)cc1C(C)NCCc1c[nH]c2ccccc12. The van der Waals surface area contributed by atoms with Crippen LogP contribution in [-0.4, -0.2) is 18.6 Å². The lowest BCUT2D eigenvalue weighted by Gasteiger charge is -2.18. The monoisotopic (exact) mass is 308 g/mol. The Kier molecular flexibility index (Phi) is 4.68. The predicted molar refractivity (Wildman–Crippen MR) is 96.2 cm³/mol. The molecule has 0 spiro atoms. The lowest BCUT2D eigenvalue weighted by atomic mass is 10.0. The van der Waals surface area contributed by atoms with E-state index in [2.05, 4.69) is 66.7 Å². The highest BCUT2D eigenvalue weighted by molar-refractivity contribution is 5.83. The second kappa shape index (κ2) is 6.88. The predicted octanol–water partition coefficient (Wildman–Crippen LogP) is 4.38. The second-order valence-electron chi connectivity index (χ2n) is 6.03. The summed E-state index contributed by atoms with van der Waals surface area (Å²) in [6.07, 6.45) is 3.12. The second-order valence-corrected chi connectivity index (χ2v) is 6.03. The molecule has 0 radical (unpaired) electrons. The van der Waals surface area contributed by atoms with Gasteiger partial charge in [-0.25, -0.2) is 0 Å². The molecular weight excluding hydrogens is 284 g/mol. The fraction of sp³-hybridized carbons (Fsp3) is 0.300. The zero-order valence-electron chi connectivity index (χ0n) is 14.0. The van der Waals surface area contributed by atoms with Crippen molar-refractivity contribution < 1.29 is 4.74 Å². The lowest BCUT2D eigenvalue weighted by molar-refractivity contribution is 0.401. The summed E-state index contributed by atoms with van der Waals surface area (Å²) in [7, 11) is 1.73. The standard InChI is InChI=1S/C20H24N2O/c1-14-8-9-20(23-3)18(12-14)15(2)21-11-10-16-13-22-19-7-5-4-6-17(16)19/h4-9,12-13,15,21-22H,10-11H2,1-3H3. The minimum absolute atomic E-state index is 0.259. The van der Waals surface area contributed by atoms with Gasteiger partial charge >= 0.3 is 0 Å². The summed E-state index contributed by atoms with van der Waals surface area (Å²) in [4.78, 5) is 3.34. The number of fused-ring (bicyclic) bond motifs is 1. The Hall–Kier alpha value is -2.26. The first-order chi connectivity index (χ1) is 11.2. The van der Waals surface area contributed by atoms with Gasteiger partial charge in [0.25, 0.3) is 0 Å². The highest BCUT2D eigenvalue weighted by atomic mass is 16.5. The van der Waals surface area contributed by atoms with Crippen molar-refractivity contribution in [1.29, 1.82) is 0 Å². The third kappa shape index (κ3) is 3.40. The molecule has 3 nitrogen and oxygen atoms in total. The summed E-state index contributed by atoms with van der Waals surface area (Å²) >= 11 is 0. The van der Waals surface area contributed by atoms with E-state index in [1.165, 1.54) is 27.6 Å². The van der Waals surface area contributed by atoms with Crippen molar-refractivity contribution in [2.75, 3.05) is 13.7 Å². The Bertz CT molecular complexity index is 791. The molecule has 3 heteroatoms. The molecule has 0 bridgehead atoms. The summed E-state index contributed by atoms with van der Waals surface area (Å²) in [5, 5.41) is 4.92. The van der Waals surface area contributed by atoms with Gasteiger partial charge in [0, 0.05) is 28.7 Å². The molecule has 0 amide bonds. The number of hydrogen-bond acceptors (Lipinski definition) is 2. The summed E-state index contributed by atoms with van der Waals surface area (Å²) in [5.74, 6) is 0.947. The van der Waals surface area contributed by atoms with Crippen LogP contribution in [0.5, 0.6) is 5.75 Å². The van der Waals surface area contributed by atoms with Gasteiger partial charge in [0.05, 0.1) is 7.11 Å². The number of methoxy groups -OCH3 is 1. The molecule has 0 saturated heterocycles. The Morgan fingerprint density at radius 3 is 2.83 bits per heavy atom. The summed E-state index contributed by atoms with van der Waals surface area (Å²) in [6, 6.07) is 15.0. The smallest absolute Gasteiger partial charge is 0.123 e. The largest absolute Gasteiger partial charge is 0.496 e. The van der Waals surface area contributed by atoms with Crippen molar-refractivity contribution in [3.63, 3.8) is 0 Å². The summed E-state index contributed by atoms with van der Waals surface area (Å²) < 4.78 is 5.49. The van der Waals surface area contributed by atoms with Gasteiger partial charge in [0.1, 0.15) is 5.75 Å². The van der Waals surface area contributed by atoms with Crippen LogP contribution in [0.15, 0.2) is 48.7 Å². The molecule has 1 aromatic heterocycles. The first-order valence-corrected chi connectivity index (χ1v) is 8.12. The molecule has 0 saturated carbocycles. The molecule has 3 rings (SSSR count). The number of aromatic amines is 1. The van der Waals surface area contributed by atoms with Crippen LogP contribution in [0, 0.1) is 6.92 Å². The van der Waals surface area contributed by atoms with Crippen molar-refractivity contribution in [3.05, 3.63) is 65.4 Å². The van der Waals surface area contributed by atoms with Crippen molar-refractivity contribution in [3.8, 4) is 5.75 Å². The molecule has 1 unspecified atom stereocenters. The van der Waals surface area contributed by atoms with Crippen LogP contribution in [0.2, 0.25) is 0 Å². The Balaban J connectivity index is 1.65. The number of para-hydroxylation sites is 1. The van der Waals surface area contributed by atoms with Crippen LogP contribution < -0.4 is 10.1 Å². The Labute approximate surface area is 137 Å². The molecule has 0 aliphatic heterocycles. The molecule has 23 heavy (non-hydrogen) atoms. The van der Waals surface area contributed by atoms with Crippen molar-refractivity contribution in [2.45, 2.75) is 26.3 Å². The average molecular weight is 308 g/mol. The van der Waals surface area contributed by atoms with Crippen molar-refractivity contribution >= 4 is 10.9 Å². The lowest BCUT2D eigenvalue weighted by Crippen LogP contribution is -2.21. The summed E-state index contributed by atoms with van der Waals surface area (Å²) in [5.41, 5.74) is 5.03. The van der Waals surface area contributed by atoms with Gasteiger partial charge in [-0.2, -0.15) is 0 Å². The molecule has 0 aliphatic carbocycles. The van der Waals surface area contributed by atoms with Crippen LogP contribution in [0.25, 0.3) is 10.9 Å². The fourth-order valence-corrected chi connectivity index (χ4v) is 3.06. The Morgan fingerprint density at radius 1 is 1.17 bits per heavy atom. The minimum atomic E-state index is 0.259. The van der Waals surface area contributed by atoms with Crippen LogP contribution in [0.4, 0.5) is 0 Å². The third-order valence-corrected chi connectivity index (χ3v) is 4.37. The third-order valence-electron chi connectivity index (χ3n) is 4.37. The first-order valence-electron chi connectivity index (χ1n) is 8.12. The van der Waals surface area contributed by atoms with E-state index in [0.29, 0.717) is 0 Å². The van der Waals surface area contributed by atoms with E-state index >= 15 is 0 Å². The molecular formula is C20H24N2O. The highest BCUT2D eigenvalue weighted by Crippen LogP contribution is 2.26. The molecule has 120 valence electrons. The van der Waals surface area contributed by atoms with Gasteiger partial charge in [0.2, 0.25) is 0 Å². The molecule has 1 heterocycles. The zero-order valence-corrected chi connectivity index (χ0v) is 14.0. The van der Waals surface area contributed by atoms with E-state index in [1.807, 2.05) is 6.07 Å². The van der Waals surface area contributed by atoms with Crippen LogP contribution in [0.3, 0.4) is 0 Å². The van der Waals surface area contributed by atoms with E-state index in [0.717, 1.165) is 18.7 Å². The topological polar surface area (TPSA) is 37.0 Å². The van der Waals surface area contributed by atoms with E-state index in [1.54, 1.807) is 7.11 Å². The maximum absolute atomic E-state index is 5.49. The maximum Gasteiger partial charge on any atom is 0.123 e. The first kappa shape index (κ1) is 15.6. The molecule has 2 N–H and O–H groups in total.